The van der Waals surface area contributed by atoms with E-state index in [0.29, 0.717) is 6.54 Å². The molecule has 1 saturated heterocycles. The second-order valence-corrected chi connectivity index (χ2v) is 7.21. The largest absolute Gasteiger partial charge is 0.412 e. The van der Waals surface area contributed by atoms with Crippen LogP contribution >= 0.6 is 0 Å². The molecule has 9 N–H and O–H groups in total. The molecule has 1 amide bonds. The van der Waals surface area contributed by atoms with E-state index in [1.54, 1.807) is 0 Å². The summed E-state index contributed by atoms with van der Waals surface area (Å²) in [6.07, 6.45) is 10.0. The lowest BCUT2D eigenvalue weighted by molar-refractivity contribution is -0.122. The zero-order chi connectivity index (χ0) is 20.4. The van der Waals surface area contributed by atoms with Gasteiger partial charge in [-0.3, -0.25) is 9.69 Å². The van der Waals surface area contributed by atoms with Gasteiger partial charge in [0.05, 0.1) is 6.54 Å². The lowest BCUT2D eigenvalue weighted by atomic mass is 9.88. The van der Waals surface area contributed by atoms with Crippen LogP contribution in [0.5, 0.6) is 0 Å². The number of hydrogen-bond donors (Lipinski definition) is 1. The Balaban J connectivity index is -0.00000136. The van der Waals surface area contributed by atoms with Gasteiger partial charge in [-0.05, 0) is 43.4 Å². The van der Waals surface area contributed by atoms with E-state index in [9.17, 15) is 4.79 Å². The molecule has 0 aliphatic carbocycles. The highest BCUT2D eigenvalue weighted by Crippen LogP contribution is 2.32. The molecular formula is C25H38N2O5. The van der Waals surface area contributed by atoms with E-state index in [0.717, 1.165) is 25.9 Å². The van der Waals surface area contributed by atoms with Crippen LogP contribution in [0.2, 0.25) is 0 Å². The molecular weight excluding hydrogens is 408 g/mol. The molecule has 0 aromatic heterocycles. The van der Waals surface area contributed by atoms with Crippen LogP contribution in [0.25, 0.3) is 5.57 Å². The number of piperidine rings is 1. The maximum Gasteiger partial charge on any atom is 0.234 e. The summed E-state index contributed by atoms with van der Waals surface area (Å²) in [7, 11) is 0. The minimum atomic E-state index is 0. The van der Waals surface area contributed by atoms with Gasteiger partial charge >= 0.3 is 0 Å². The number of nitrogens with zero attached hydrogens (tertiary/aromatic N) is 1. The minimum absolute atomic E-state index is 0. The first-order chi connectivity index (χ1) is 13.6. The summed E-state index contributed by atoms with van der Waals surface area (Å²) < 4.78 is 0. The van der Waals surface area contributed by atoms with Crippen molar-refractivity contribution in [2.24, 2.45) is 0 Å². The number of carbonyl (C=O) groups is 1. The smallest absolute Gasteiger partial charge is 0.234 e. The second-order valence-electron chi connectivity index (χ2n) is 7.21. The number of rotatable bonds is 5. The van der Waals surface area contributed by atoms with Gasteiger partial charge in [0.1, 0.15) is 0 Å². The van der Waals surface area contributed by atoms with Crippen LogP contribution in [0.1, 0.15) is 37.8 Å². The molecule has 32 heavy (non-hydrogen) atoms. The highest BCUT2D eigenvalue weighted by Gasteiger charge is 2.20. The van der Waals surface area contributed by atoms with Crippen molar-refractivity contribution in [2.75, 3.05) is 19.6 Å². The first-order valence-electron chi connectivity index (χ1n) is 9.81. The summed E-state index contributed by atoms with van der Waals surface area (Å²) in [4.78, 5) is 14.3. The Hall–Kier alpha value is -2.99. The number of nitrogens with one attached hydrogen (secondary N) is 1. The lowest BCUT2D eigenvalue weighted by Gasteiger charge is -2.30. The van der Waals surface area contributed by atoms with Crippen LogP contribution in [0.15, 0.2) is 66.2 Å². The summed E-state index contributed by atoms with van der Waals surface area (Å²) in [6.45, 7) is 6.37. The van der Waals surface area contributed by atoms with Crippen molar-refractivity contribution in [1.82, 2.24) is 10.2 Å². The van der Waals surface area contributed by atoms with Crippen LogP contribution in [0, 0.1) is 12.8 Å². The van der Waals surface area contributed by atoms with Crippen molar-refractivity contribution >= 4 is 11.5 Å². The topological polar surface area (TPSA) is 158 Å². The van der Waals surface area contributed by atoms with Crippen molar-refractivity contribution in [3.05, 3.63) is 77.4 Å². The number of likely N-dealkylation sites (tertiary alicyclic amines) is 1. The molecule has 7 nitrogen and oxygen atoms in total. The molecule has 1 aliphatic heterocycles. The maximum atomic E-state index is 12.0. The number of hydrogen-bond acceptors (Lipinski definition) is 2. The van der Waals surface area contributed by atoms with Gasteiger partial charge < -0.3 is 27.2 Å². The fourth-order valence-electron chi connectivity index (χ4n) is 3.59. The lowest BCUT2D eigenvalue weighted by Crippen LogP contribution is -2.42. The SMILES string of the molecule is C#C.CC(C)NC(=O)CN1CCC(=C(c2ccccc2)c2ccccc2)CC1.O.O.O.O. The maximum absolute atomic E-state index is 12.0. The summed E-state index contributed by atoms with van der Waals surface area (Å²) in [5.74, 6) is 0.124. The van der Waals surface area contributed by atoms with E-state index in [4.69, 9.17) is 0 Å². The quantitative estimate of drug-likeness (QED) is 0.681. The van der Waals surface area contributed by atoms with Crippen LogP contribution in [0.3, 0.4) is 0 Å². The molecule has 2 aromatic carbocycles. The minimum Gasteiger partial charge on any atom is -0.412 e. The molecule has 2 aromatic rings. The third-order valence-corrected chi connectivity index (χ3v) is 4.75. The molecule has 7 heteroatoms. The van der Waals surface area contributed by atoms with Crippen molar-refractivity contribution in [2.45, 2.75) is 32.7 Å². The van der Waals surface area contributed by atoms with E-state index >= 15 is 0 Å². The highest BCUT2D eigenvalue weighted by molar-refractivity contribution is 5.82. The van der Waals surface area contributed by atoms with E-state index in [1.165, 1.54) is 22.3 Å². The Bertz CT molecular complexity index is 753. The average molecular weight is 447 g/mol. The molecule has 1 heterocycles. The van der Waals surface area contributed by atoms with Crippen molar-refractivity contribution in [1.29, 1.82) is 0 Å². The Morgan fingerprint density at radius 2 is 1.25 bits per heavy atom. The predicted octanol–water partition coefficient (Wildman–Crippen LogP) is 1.06. The molecule has 0 unspecified atom stereocenters. The highest BCUT2D eigenvalue weighted by atomic mass is 16.2. The van der Waals surface area contributed by atoms with Gasteiger partial charge in [0.15, 0.2) is 0 Å². The van der Waals surface area contributed by atoms with Crippen LogP contribution < -0.4 is 5.32 Å². The van der Waals surface area contributed by atoms with Crippen molar-refractivity contribution in [3.63, 3.8) is 0 Å². The number of amides is 1. The normalized spacial score (nSPS) is 12.3. The second kappa shape index (κ2) is 17.7. The van der Waals surface area contributed by atoms with Crippen LogP contribution in [-0.2, 0) is 4.79 Å². The zero-order valence-electron chi connectivity index (χ0n) is 18.9. The van der Waals surface area contributed by atoms with Gasteiger partial charge in [-0.2, -0.15) is 0 Å². The summed E-state index contributed by atoms with van der Waals surface area (Å²) in [5.41, 5.74) is 5.40. The van der Waals surface area contributed by atoms with Crippen molar-refractivity contribution < 1.29 is 26.7 Å². The molecule has 0 spiro atoms. The number of terminal acetylenes is 1. The van der Waals surface area contributed by atoms with E-state index in [2.05, 4.69) is 83.7 Å². The molecule has 0 bridgehead atoms. The Labute approximate surface area is 191 Å². The fraction of sp³-hybridized carbons (Fsp3) is 0.320. The molecule has 1 fully saturated rings. The first-order valence-corrected chi connectivity index (χ1v) is 9.81. The van der Waals surface area contributed by atoms with Gasteiger partial charge in [0.2, 0.25) is 5.91 Å². The Morgan fingerprint density at radius 3 is 1.62 bits per heavy atom. The average Bonchev–Trinajstić information content (AvgIpc) is 2.72. The van der Waals surface area contributed by atoms with Gasteiger partial charge in [0, 0.05) is 19.1 Å². The third-order valence-electron chi connectivity index (χ3n) is 4.75. The predicted molar refractivity (Wildman–Crippen MR) is 132 cm³/mol. The monoisotopic (exact) mass is 446 g/mol. The van der Waals surface area contributed by atoms with Gasteiger partial charge in [0.25, 0.3) is 0 Å². The first kappa shape index (κ1) is 33.6. The van der Waals surface area contributed by atoms with Crippen LogP contribution in [-0.4, -0.2) is 58.4 Å². The number of carbonyl (C=O) groups excluding carboxylic acids is 1. The summed E-state index contributed by atoms with van der Waals surface area (Å²) in [5, 5.41) is 2.98. The van der Waals surface area contributed by atoms with Crippen molar-refractivity contribution in [3.8, 4) is 12.8 Å². The molecule has 1 aliphatic rings. The zero-order valence-corrected chi connectivity index (χ0v) is 18.9. The molecule has 0 atom stereocenters. The summed E-state index contributed by atoms with van der Waals surface area (Å²) in [6, 6.07) is 21.5. The molecule has 0 saturated carbocycles. The Morgan fingerprint density at radius 1 is 0.844 bits per heavy atom. The summed E-state index contributed by atoms with van der Waals surface area (Å²) >= 11 is 0. The molecule has 178 valence electrons. The molecule has 3 rings (SSSR count). The standard InChI is InChI=1S/C23H28N2O.C2H2.4H2O/c1-18(2)24-22(26)17-25-15-13-21(14-16-25)23(19-9-5-3-6-10-19)20-11-7-4-8-12-20;1-2;;;;/h3-12,18H,13-17H2,1-2H3,(H,24,26);1-2H;4*1H2. The number of benzene rings is 2. The van der Waals surface area contributed by atoms with Gasteiger partial charge in [-0.25, -0.2) is 0 Å². The fourth-order valence-corrected chi connectivity index (χ4v) is 3.59. The van der Waals surface area contributed by atoms with Gasteiger partial charge in [-0.1, -0.05) is 66.2 Å². The Kier molecular flexibility index (Phi) is 18.6. The van der Waals surface area contributed by atoms with Crippen LogP contribution in [0.4, 0.5) is 0 Å². The van der Waals surface area contributed by atoms with E-state index in [-0.39, 0.29) is 33.9 Å². The van der Waals surface area contributed by atoms with E-state index < -0.39 is 0 Å². The molecule has 0 radical (unpaired) electrons. The van der Waals surface area contributed by atoms with Gasteiger partial charge in [-0.15, -0.1) is 12.8 Å². The van der Waals surface area contributed by atoms with E-state index in [1.807, 2.05) is 13.8 Å². The third kappa shape index (κ3) is 9.88.